The normalized spacial score (nSPS) is 10.5. The zero-order valence-electron chi connectivity index (χ0n) is 10.2. The van der Waals surface area contributed by atoms with Crippen LogP contribution in [0.2, 0.25) is 0 Å². The van der Waals surface area contributed by atoms with Crippen molar-refractivity contribution in [3.05, 3.63) is 30.1 Å². The van der Waals surface area contributed by atoms with Crippen molar-refractivity contribution in [1.29, 1.82) is 0 Å². The average Bonchev–Trinajstić information content (AvgIpc) is 2.30. The summed E-state index contributed by atoms with van der Waals surface area (Å²) < 4.78 is 2.30. The third-order valence-electron chi connectivity index (χ3n) is 2.89. The Labute approximate surface area is 94.1 Å². The van der Waals surface area contributed by atoms with Crippen molar-refractivity contribution in [2.45, 2.75) is 58.9 Å². The molecule has 0 aliphatic heterocycles. The molecule has 15 heavy (non-hydrogen) atoms. The van der Waals surface area contributed by atoms with E-state index in [0.29, 0.717) is 0 Å². The van der Waals surface area contributed by atoms with E-state index in [0.717, 1.165) is 6.42 Å². The van der Waals surface area contributed by atoms with E-state index in [9.17, 15) is 0 Å². The quantitative estimate of drug-likeness (QED) is 0.475. The fourth-order valence-electron chi connectivity index (χ4n) is 1.77. The number of unbranched alkanes of at least 4 members (excludes halogenated alkanes) is 4. The van der Waals surface area contributed by atoms with E-state index < -0.39 is 0 Å². The van der Waals surface area contributed by atoms with Gasteiger partial charge in [-0.25, -0.2) is 4.57 Å². The highest BCUT2D eigenvalue weighted by Gasteiger charge is 1.99. The second kappa shape index (κ2) is 7.44. The molecule has 0 spiro atoms. The monoisotopic (exact) mass is 206 g/mol. The number of nitrogens with zero attached hydrogens (tertiary/aromatic N) is 1. The molecule has 1 aromatic rings. The minimum atomic E-state index is 1.14. The summed E-state index contributed by atoms with van der Waals surface area (Å²) in [7, 11) is 0. The van der Waals surface area contributed by atoms with Crippen LogP contribution in [0.1, 0.15) is 51.5 Å². The summed E-state index contributed by atoms with van der Waals surface area (Å²) in [5.74, 6) is 0. The van der Waals surface area contributed by atoms with Gasteiger partial charge in [0, 0.05) is 18.6 Å². The molecule has 0 saturated heterocycles. The fourth-order valence-corrected chi connectivity index (χ4v) is 1.77. The first kappa shape index (κ1) is 12.2. The van der Waals surface area contributed by atoms with Gasteiger partial charge in [-0.05, 0) is 18.4 Å². The zero-order chi connectivity index (χ0) is 10.9. The van der Waals surface area contributed by atoms with E-state index in [2.05, 4.69) is 42.9 Å². The SMILES string of the molecule is CCCCCCC[n+]1ccc(CC)cc1. The Balaban J connectivity index is 2.20. The molecule has 0 aromatic carbocycles. The van der Waals surface area contributed by atoms with Crippen molar-refractivity contribution in [1.82, 2.24) is 0 Å². The number of aromatic nitrogens is 1. The molecule has 1 nitrogen and oxygen atoms in total. The predicted octanol–water partition coefficient (Wildman–Crippen LogP) is 3.51. The maximum absolute atomic E-state index is 2.30. The van der Waals surface area contributed by atoms with E-state index in [1.165, 1.54) is 44.2 Å². The summed E-state index contributed by atoms with van der Waals surface area (Å²) in [6.45, 7) is 5.64. The first-order chi connectivity index (χ1) is 7.36. The third-order valence-corrected chi connectivity index (χ3v) is 2.89. The standard InChI is InChI=1S/C14H24N/c1-3-5-6-7-8-11-15-12-9-14(4-2)10-13-15/h9-10,12-13H,3-8,11H2,1-2H3/q+1. The van der Waals surface area contributed by atoms with Gasteiger partial charge in [-0.1, -0.05) is 33.1 Å². The van der Waals surface area contributed by atoms with Crippen molar-refractivity contribution < 1.29 is 4.57 Å². The highest BCUT2D eigenvalue weighted by Crippen LogP contribution is 2.02. The van der Waals surface area contributed by atoms with Gasteiger partial charge >= 0.3 is 0 Å². The first-order valence-corrected chi connectivity index (χ1v) is 6.34. The Hall–Kier alpha value is -0.850. The Morgan fingerprint density at radius 1 is 0.933 bits per heavy atom. The van der Waals surface area contributed by atoms with E-state index in [1.54, 1.807) is 0 Å². The summed E-state index contributed by atoms with van der Waals surface area (Å²) in [6.07, 6.45) is 12.4. The number of pyridine rings is 1. The van der Waals surface area contributed by atoms with Crippen LogP contribution in [0.15, 0.2) is 24.5 Å². The highest BCUT2D eigenvalue weighted by atomic mass is 14.9. The number of aryl methyl sites for hydroxylation is 2. The van der Waals surface area contributed by atoms with Crippen LogP contribution in [0.3, 0.4) is 0 Å². The van der Waals surface area contributed by atoms with Gasteiger partial charge in [-0.15, -0.1) is 0 Å². The molecule has 1 aromatic heterocycles. The van der Waals surface area contributed by atoms with Crippen molar-refractivity contribution in [2.75, 3.05) is 0 Å². The maximum atomic E-state index is 2.30. The van der Waals surface area contributed by atoms with Crippen molar-refractivity contribution in [2.24, 2.45) is 0 Å². The molecule has 0 radical (unpaired) electrons. The maximum Gasteiger partial charge on any atom is 0.169 e. The Morgan fingerprint density at radius 2 is 1.60 bits per heavy atom. The first-order valence-electron chi connectivity index (χ1n) is 6.34. The van der Waals surface area contributed by atoms with Crippen LogP contribution < -0.4 is 4.57 Å². The highest BCUT2D eigenvalue weighted by molar-refractivity contribution is 5.06. The summed E-state index contributed by atoms with van der Waals surface area (Å²) in [5, 5.41) is 0. The summed E-state index contributed by atoms with van der Waals surface area (Å²) in [5.41, 5.74) is 1.43. The molecule has 0 fully saturated rings. The van der Waals surface area contributed by atoms with Crippen LogP contribution in [0.25, 0.3) is 0 Å². The smallest absolute Gasteiger partial charge is 0.169 e. The molecule has 1 heteroatoms. The topological polar surface area (TPSA) is 3.88 Å². The predicted molar refractivity (Wildman–Crippen MR) is 64.8 cm³/mol. The molecule has 0 saturated carbocycles. The lowest BCUT2D eigenvalue weighted by molar-refractivity contribution is -0.697. The van der Waals surface area contributed by atoms with Gasteiger partial charge in [-0.3, -0.25) is 0 Å². The van der Waals surface area contributed by atoms with Crippen molar-refractivity contribution in [3.63, 3.8) is 0 Å². The average molecular weight is 206 g/mol. The molecule has 84 valence electrons. The molecular weight excluding hydrogens is 182 g/mol. The molecule has 0 aliphatic carbocycles. The number of hydrogen-bond donors (Lipinski definition) is 0. The molecule has 1 heterocycles. The van der Waals surface area contributed by atoms with E-state index in [4.69, 9.17) is 0 Å². The van der Waals surface area contributed by atoms with E-state index >= 15 is 0 Å². The Kier molecular flexibility index (Phi) is 6.06. The molecule has 0 N–H and O–H groups in total. The molecule has 0 atom stereocenters. The summed E-state index contributed by atoms with van der Waals surface area (Å²) in [4.78, 5) is 0. The Morgan fingerprint density at radius 3 is 2.20 bits per heavy atom. The second-order valence-corrected chi connectivity index (χ2v) is 4.21. The minimum Gasteiger partial charge on any atom is -0.205 e. The second-order valence-electron chi connectivity index (χ2n) is 4.21. The van der Waals surface area contributed by atoms with E-state index in [-0.39, 0.29) is 0 Å². The summed E-state index contributed by atoms with van der Waals surface area (Å²) >= 11 is 0. The van der Waals surface area contributed by atoms with Gasteiger partial charge in [0.1, 0.15) is 6.54 Å². The van der Waals surface area contributed by atoms with Crippen LogP contribution in [0, 0.1) is 0 Å². The van der Waals surface area contributed by atoms with Gasteiger partial charge in [-0.2, -0.15) is 0 Å². The largest absolute Gasteiger partial charge is 0.205 e. The lowest BCUT2D eigenvalue weighted by Gasteiger charge is -1.99. The third kappa shape index (κ3) is 4.96. The summed E-state index contributed by atoms with van der Waals surface area (Å²) in [6, 6.07) is 4.46. The lowest BCUT2D eigenvalue weighted by Crippen LogP contribution is -2.32. The Bertz CT molecular complexity index is 251. The lowest BCUT2D eigenvalue weighted by atomic mass is 10.1. The molecule has 0 unspecified atom stereocenters. The van der Waals surface area contributed by atoms with Gasteiger partial charge in [0.05, 0.1) is 0 Å². The molecule has 0 amide bonds. The molecule has 0 bridgehead atoms. The van der Waals surface area contributed by atoms with Gasteiger partial charge < -0.3 is 0 Å². The molecular formula is C14H24N+. The fraction of sp³-hybridized carbons (Fsp3) is 0.643. The molecule has 0 aliphatic rings. The number of rotatable bonds is 7. The van der Waals surface area contributed by atoms with Crippen molar-refractivity contribution >= 4 is 0 Å². The molecule has 1 rings (SSSR count). The van der Waals surface area contributed by atoms with Gasteiger partial charge in [0.15, 0.2) is 12.4 Å². The van der Waals surface area contributed by atoms with Crippen LogP contribution in [-0.4, -0.2) is 0 Å². The van der Waals surface area contributed by atoms with Crippen molar-refractivity contribution in [3.8, 4) is 0 Å². The van der Waals surface area contributed by atoms with E-state index in [1.807, 2.05) is 0 Å². The van der Waals surface area contributed by atoms with Crippen LogP contribution in [-0.2, 0) is 13.0 Å². The van der Waals surface area contributed by atoms with Crippen LogP contribution in [0.4, 0.5) is 0 Å². The zero-order valence-corrected chi connectivity index (χ0v) is 10.2. The minimum absolute atomic E-state index is 1.14. The van der Waals surface area contributed by atoms with Crippen LogP contribution >= 0.6 is 0 Å². The van der Waals surface area contributed by atoms with Gasteiger partial charge in [0.25, 0.3) is 0 Å². The van der Waals surface area contributed by atoms with Crippen LogP contribution in [0.5, 0.6) is 0 Å². The number of hydrogen-bond acceptors (Lipinski definition) is 0. The van der Waals surface area contributed by atoms with Gasteiger partial charge in [0.2, 0.25) is 0 Å².